The van der Waals surface area contributed by atoms with Gasteiger partial charge >= 0.3 is 5.97 Å². The summed E-state index contributed by atoms with van der Waals surface area (Å²) in [6.45, 7) is 15.3. The second kappa shape index (κ2) is 16.5. The van der Waals surface area contributed by atoms with Crippen molar-refractivity contribution in [2.24, 2.45) is 11.1 Å². The predicted molar refractivity (Wildman–Crippen MR) is 197 cm³/mol. The topological polar surface area (TPSA) is 88.1 Å². The van der Waals surface area contributed by atoms with Gasteiger partial charge in [-0.05, 0) is 68.1 Å². The van der Waals surface area contributed by atoms with Gasteiger partial charge in [-0.15, -0.1) is 0 Å². The third kappa shape index (κ3) is 7.96. The summed E-state index contributed by atoms with van der Waals surface area (Å²) in [7, 11) is 1.66. The molecule has 1 aromatic heterocycles. The standard InChI is InChI=1S/C38H45N3O4.C2H6/c1-7-9-12-27(8-2)22-41-36-18-15-28(20-33(36)34-21-35(39)31-13-10-11-14-32(31)38(34)41)37(40-45-26(5)42)30-17-16-29(19-24(30)3)44-25(4)23-43-6;1-2/h10-11,13-21,25,27H,7-9,12,22-23,39H2,1-6H3;1-2H3/b40-37+;. The number of aryl methyl sites for hydroxylation is 1. The van der Waals surface area contributed by atoms with Gasteiger partial charge in [0.05, 0.1) is 12.1 Å². The van der Waals surface area contributed by atoms with Crippen LogP contribution in [-0.4, -0.2) is 36.1 Å². The number of hydrogen-bond acceptors (Lipinski definition) is 6. The summed E-state index contributed by atoms with van der Waals surface area (Å²) >= 11 is 0. The molecule has 0 spiro atoms. The number of oxime groups is 1. The lowest BCUT2D eigenvalue weighted by molar-refractivity contribution is -0.140. The molecule has 0 saturated carbocycles. The smallest absolute Gasteiger partial charge is 0.332 e. The first-order chi connectivity index (χ1) is 22.7. The Balaban J connectivity index is 0.00000245. The zero-order valence-corrected chi connectivity index (χ0v) is 29.4. The van der Waals surface area contributed by atoms with Crippen LogP contribution in [0.15, 0.2) is 71.9 Å². The van der Waals surface area contributed by atoms with E-state index in [1.54, 1.807) is 7.11 Å². The molecule has 7 heteroatoms. The molecular formula is C40H51N3O4. The van der Waals surface area contributed by atoms with Crippen LogP contribution < -0.4 is 10.5 Å². The van der Waals surface area contributed by atoms with Crippen LogP contribution in [-0.2, 0) is 20.9 Å². The molecule has 2 unspecified atom stereocenters. The monoisotopic (exact) mass is 637 g/mol. The number of hydrogen-bond donors (Lipinski definition) is 1. The second-order valence-corrected chi connectivity index (χ2v) is 12.0. The number of nitrogens with two attached hydrogens (primary N) is 1. The molecular weight excluding hydrogens is 586 g/mol. The lowest BCUT2D eigenvalue weighted by Crippen LogP contribution is -2.18. The number of nitrogens with zero attached hydrogens (tertiary/aromatic N) is 2. The molecule has 4 aromatic carbocycles. The van der Waals surface area contributed by atoms with Crippen molar-refractivity contribution in [2.45, 2.75) is 86.8 Å². The number of aromatic nitrogens is 1. The number of rotatable bonds is 13. The van der Waals surface area contributed by atoms with Crippen molar-refractivity contribution in [2.75, 3.05) is 19.5 Å². The highest BCUT2D eigenvalue weighted by Crippen LogP contribution is 2.39. The molecule has 47 heavy (non-hydrogen) atoms. The third-order valence-corrected chi connectivity index (χ3v) is 8.61. The van der Waals surface area contributed by atoms with Gasteiger partial charge in [0.1, 0.15) is 17.6 Å². The van der Waals surface area contributed by atoms with Gasteiger partial charge in [-0.3, -0.25) is 0 Å². The average Bonchev–Trinajstić information content (AvgIpc) is 3.37. The largest absolute Gasteiger partial charge is 0.488 e. The normalized spacial score (nSPS) is 13.0. The number of anilines is 1. The molecule has 0 radical (unpaired) electrons. The molecule has 5 rings (SSSR count). The minimum Gasteiger partial charge on any atom is -0.488 e. The lowest BCUT2D eigenvalue weighted by Gasteiger charge is -2.18. The van der Waals surface area contributed by atoms with Crippen LogP contribution in [0.2, 0.25) is 0 Å². The van der Waals surface area contributed by atoms with Gasteiger partial charge in [-0.1, -0.05) is 82.4 Å². The highest BCUT2D eigenvalue weighted by atomic mass is 16.7. The van der Waals surface area contributed by atoms with E-state index in [-0.39, 0.29) is 6.10 Å². The lowest BCUT2D eigenvalue weighted by atomic mass is 9.96. The highest BCUT2D eigenvalue weighted by Gasteiger charge is 2.21. The van der Waals surface area contributed by atoms with E-state index in [1.807, 2.05) is 52.0 Å². The van der Waals surface area contributed by atoms with Gasteiger partial charge in [0.2, 0.25) is 0 Å². The van der Waals surface area contributed by atoms with Crippen LogP contribution in [0.3, 0.4) is 0 Å². The second-order valence-electron chi connectivity index (χ2n) is 12.0. The zero-order valence-electron chi connectivity index (χ0n) is 29.4. The van der Waals surface area contributed by atoms with E-state index < -0.39 is 5.97 Å². The molecule has 0 aliphatic carbocycles. The van der Waals surface area contributed by atoms with Crippen molar-refractivity contribution in [3.05, 3.63) is 83.4 Å². The van der Waals surface area contributed by atoms with Crippen LogP contribution in [0.4, 0.5) is 5.69 Å². The molecule has 0 fully saturated rings. The van der Waals surface area contributed by atoms with Crippen LogP contribution in [0.5, 0.6) is 5.75 Å². The van der Waals surface area contributed by atoms with Crippen molar-refractivity contribution in [1.29, 1.82) is 0 Å². The van der Waals surface area contributed by atoms with Crippen molar-refractivity contribution in [3.8, 4) is 5.75 Å². The molecule has 0 aliphatic heterocycles. The highest BCUT2D eigenvalue weighted by molar-refractivity contribution is 6.22. The van der Waals surface area contributed by atoms with E-state index in [4.69, 9.17) is 20.0 Å². The molecule has 0 saturated heterocycles. The fourth-order valence-electron chi connectivity index (χ4n) is 6.35. The van der Waals surface area contributed by atoms with Crippen molar-refractivity contribution in [3.63, 3.8) is 0 Å². The maximum Gasteiger partial charge on any atom is 0.332 e. The number of fused-ring (bicyclic) bond motifs is 5. The van der Waals surface area contributed by atoms with E-state index in [1.165, 1.54) is 31.7 Å². The molecule has 2 atom stereocenters. The summed E-state index contributed by atoms with van der Waals surface area (Å²) in [6.07, 6.45) is 4.64. The Morgan fingerprint density at radius 2 is 1.70 bits per heavy atom. The first-order valence-corrected chi connectivity index (χ1v) is 17.0. The van der Waals surface area contributed by atoms with Gasteiger partial charge in [-0.25, -0.2) is 4.79 Å². The van der Waals surface area contributed by atoms with Crippen LogP contribution in [0, 0.1) is 12.8 Å². The number of nitrogen functional groups attached to an aromatic ring is 1. The van der Waals surface area contributed by atoms with Gasteiger partial charge in [0.25, 0.3) is 0 Å². The molecule has 2 N–H and O–H groups in total. The number of benzene rings is 4. The fourth-order valence-corrected chi connectivity index (χ4v) is 6.35. The van der Waals surface area contributed by atoms with E-state index in [2.05, 4.69) is 66.0 Å². The predicted octanol–water partition coefficient (Wildman–Crippen LogP) is 9.81. The average molecular weight is 638 g/mol. The van der Waals surface area contributed by atoms with Crippen molar-refractivity contribution in [1.82, 2.24) is 4.57 Å². The SMILES string of the molecule is CC.CCCCC(CC)Cn1c2ccc(/C(=N\OC(C)=O)c3ccc(OC(C)COC)cc3C)cc2c2cc(N)c3ccccc3c21. The molecule has 0 bridgehead atoms. The summed E-state index contributed by atoms with van der Waals surface area (Å²) in [5.74, 6) is 0.825. The Hall–Kier alpha value is -4.36. The van der Waals surface area contributed by atoms with Crippen LogP contribution in [0.1, 0.15) is 83.9 Å². The Bertz CT molecular complexity index is 1860. The summed E-state index contributed by atoms with van der Waals surface area (Å²) in [4.78, 5) is 17.2. The van der Waals surface area contributed by atoms with E-state index in [0.717, 1.165) is 68.2 Å². The van der Waals surface area contributed by atoms with Gasteiger partial charge in [0, 0.05) is 64.5 Å². The Labute approximate surface area is 279 Å². The molecule has 250 valence electrons. The molecule has 1 heterocycles. The minimum absolute atomic E-state index is 0.0908. The Kier molecular flexibility index (Phi) is 12.4. The first kappa shape index (κ1) is 35.5. The Morgan fingerprint density at radius 1 is 0.957 bits per heavy atom. The molecule has 0 aliphatic rings. The number of ether oxygens (including phenoxy) is 2. The van der Waals surface area contributed by atoms with Gasteiger partial charge in [-0.2, -0.15) is 0 Å². The third-order valence-electron chi connectivity index (χ3n) is 8.61. The summed E-state index contributed by atoms with van der Waals surface area (Å²) < 4.78 is 13.7. The molecule has 0 amide bonds. The zero-order chi connectivity index (χ0) is 34.1. The molecule has 5 aromatic rings. The van der Waals surface area contributed by atoms with E-state index in [9.17, 15) is 4.79 Å². The van der Waals surface area contributed by atoms with Gasteiger partial charge in [0.15, 0.2) is 0 Å². The summed E-state index contributed by atoms with van der Waals surface area (Å²) in [5.41, 5.74) is 13.0. The van der Waals surface area contributed by atoms with Crippen molar-refractivity contribution < 1.29 is 19.1 Å². The maximum absolute atomic E-state index is 11.9. The quantitative estimate of drug-likeness (QED) is 0.0601. The maximum atomic E-state index is 11.9. The molecule has 7 nitrogen and oxygen atoms in total. The Morgan fingerprint density at radius 3 is 2.36 bits per heavy atom. The number of unbranched alkanes of at least 4 members (excludes halogenated alkanes) is 1. The van der Waals surface area contributed by atoms with E-state index >= 15 is 0 Å². The fraction of sp³-hybridized carbons (Fsp3) is 0.400. The first-order valence-electron chi connectivity index (χ1n) is 17.0. The summed E-state index contributed by atoms with van der Waals surface area (Å²) in [6, 6.07) is 22.8. The summed E-state index contributed by atoms with van der Waals surface area (Å²) in [5, 5.41) is 8.78. The van der Waals surface area contributed by atoms with Gasteiger partial charge < -0.3 is 24.6 Å². The van der Waals surface area contributed by atoms with Crippen LogP contribution in [0.25, 0.3) is 32.6 Å². The van der Waals surface area contributed by atoms with Crippen LogP contribution >= 0.6 is 0 Å². The van der Waals surface area contributed by atoms with E-state index in [0.29, 0.717) is 18.2 Å². The minimum atomic E-state index is -0.479. The van der Waals surface area contributed by atoms with Crippen molar-refractivity contribution >= 4 is 49.9 Å². The number of methoxy groups -OCH3 is 1. The number of carbonyl (C=O) groups excluding carboxylic acids is 1. The number of carbonyl (C=O) groups is 1.